The molecule has 4 fully saturated rings. The van der Waals surface area contributed by atoms with Gasteiger partial charge in [0.25, 0.3) is 0 Å². The maximum atomic E-state index is 10.6. The summed E-state index contributed by atoms with van der Waals surface area (Å²) in [6.45, 7) is 12.3. The summed E-state index contributed by atoms with van der Waals surface area (Å²) in [6.07, 6.45) is -6.31. The molecular weight excluding hydrogens is 576 g/mol. The first-order valence-corrected chi connectivity index (χ1v) is 15.9. The molecule has 8 N–H and O–H groups in total. The highest BCUT2D eigenvalue weighted by atomic mass is 16.7. The molecule has 0 spiro atoms. The maximum Gasteiger partial charge on any atom is 0.187 e. The smallest absolute Gasteiger partial charge is 0.187 e. The van der Waals surface area contributed by atoms with Crippen LogP contribution in [0.4, 0.5) is 0 Å². The van der Waals surface area contributed by atoms with Crippen LogP contribution in [0.15, 0.2) is 23.8 Å². The van der Waals surface area contributed by atoms with E-state index in [1.54, 1.807) is 0 Å². The Morgan fingerprint density at radius 2 is 1.43 bits per heavy atom. The highest BCUT2D eigenvalue weighted by Gasteiger charge is 2.57. The number of hydrogen-bond acceptors (Lipinski definition) is 12. The molecule has 2 saturated heterocycles. The fourth-order valence-electron chi connectivity index (χ4n) is 8.24. The van der Waals surface area contributed by atoms with Crippen LogP contribution in [0.5, 0.6) is 0 Å². The van der Waals surface area contributed by atoms with Crippen molar-refractivity contribution in [2.24, 2.45) is 22.7 Å². The van der Waals surface area contributed by atoms with E-state index in [-0.39, 0.29) is 35.4 Å². The molecule has 2 heterocycles. The van der Waals surface area contributed by atoms with Gasteiger partial charge in [0.1, 0.15) is 48.8 Å². The van der Waals surface area contributed by atoms with Gasteiger partial charge in [-0.15, -0.1) is 0 Å². The number of fused-ring (bicyclic) bond motifs is 1. The molecule has 12 nitrogen and oxygen atoms in total. The summed E-state index contributed by atoms with van der Waals surface area (Å²) in [4.78, 5) is 0. The molecule has 0 aromatic heterocycles. The summed E-state index contributed by atoms with van der Waals surface area (Å²) in [5.74, 6) is 0.552. The highest BCUT2D eigenvalue weighted by Crippen LogP contribution is 2.62. The predicted molar refractivity (Wildman–Crippen MR) is 158 cm³/mol. The first-order valence-electron chi connectivity index (χ1n) is 15.9. The molecule has 2 saturated carbocycles. The van der Waals surface area contributed by atoms with Crippen molar-refractivity contribution in [3.8, 4) is 0 Å². The van der Waals surface area contributed by atoms with E-state index < -0.39 is 74.6 Å². The largest absolute Gasteiger partial charge is 0.394 e. The van der Waals surface area contributed by atoms with Gasteiger partial charge in [-0.1, -0.05) is 44.6 Å². The van der Waals surface area contributed by atoms with Gasteiger partial charge in [0.15, 0.2) is 12.6 Å². The monoisotopic (exact) mass is 630 g/mol. The summed E-state index contributed by atoms with van der Waals surface area (Å²) < 4.78 is 23.0. The Morgan fingerprint density at radius 1 is 0.864 bits per heavy atom. The molecule has 2 aliphatic heterocycles. The van der Waals surface area contributed by atoms with Crippen LogP contribution in [0.2, 0.25) is 0 Å². The molecule has 44 heavy (non-hydrogen) atoms. The second-order valence-corrected chi connectivity index (χ2v) is 14.1. The first kappa shape index (κ1) is 35.8. The topological polar surface area (TPSA) is 199 Å². The SMILES string of the molecule is C=C1CCC2C(C)(C)C(OC3OC(CO)C(O)C(O)C3O)CCC2(C)C1CC/C(C)=C\COC1OC(CO)C(O)C(O)C1O. The minimum Gasteiger partial charge on any atom is -0.394 e. The average Bonchev–Trinajstić information content (AvgIpc) is 2.98. The fraction of sp³-hybridized carbons (Fsp3) is 0.875. The predicted octanol–water partition coefficient (Wildman–Crippen LogP) is 0.123. The molecule has 14 unspecified atom stereocenters. The normalized spacial score (nSPS) is 46.5. The van der Waals surface area contributed by atoms with Crippen molar-refractivity contribution < 1.29 is 59.8 Å². The van der Waals surface area contributed by atoms with Crippen LogP contribution in [0.3, 0.4) is 0 Å². The van der Waals surface area contributed by atoms with E-state index in [4.69, 9.17) is 18.9 Å². The van der Waals surface area contributed by atoms with Crippen LogP contribution in [0, 0.1) is 22.7 Å². The van der Waals surface area contributed by atoms with Crippen LogP contribution in [0.1, 0.15) is 66.2 Å². The molecule has 12 heteroatoms. The van der Waals surface area contributed by atoms with Gasteiger partial charge in [-0.3, -0.25) is 0 Å². The summed E-state index contributed by atoms with van der Waals surface area (Å²) in [5, 5.41) is 80.1. The molecule has 0 amide bonds. The van der Waals surface area contributed by atoms with Gasteiger partial charge in [-0.2, -0.15) is 0 Å². The second-order valence-electron chi connectivity index (χ2n) is 14.1. The molecule has 0 aromatic rings. The average molecular weight is 631 g/mol. The van der Waals surface area contributed by atoms with Gasteiger partial charge in [0, 0.05) is 0 Å². The lowest BCUT2D eigenvalue weighted by Gasteiger charge is -2.60. The Kier molecular flexibility index (Phi) is 11.7. The van der Waals surface area contributed by atoms with Gasteiger partial charge in [-0.25, -0.2) is 0 Å². The lowest BCUT2D eigenvalue weighted by Crippen LogP contribution is -2.62. The quantitative estimate of drug-likeness (QED) is 0.120. The van der Waals surface area contributed by atoms with E-state index in [9.17, 15) is 40.9 Å². The summed E-state index contributed by atoms with van der Waals surface area (Å²) in [7, 11) is 0. The van der Waals surface area contributed by atoms with Gasteiger partial charge in [0.2, 0.25) is 0 Å². The van der Waals surface area contributed by atoms with E-state index in [1.807, 2.05) is 13.0 Å². The maximum absolute atomic E-state index is 10.6. The van der Waals surface area contributed by atoms with Gasteiger partial charge < -0.3 is 59.8 Å². The zero-order chi connectivity index (χ0) is 32.6. The zero-order valence-electron chi connectivity index (χ0n) is 26.4. The molecule has 254 valence electrons. The Hall–Kier alpha value is -1.00. The van der Waals surface area contributed by atoms with Crippen molar-refractivity contribution in [1.82, 2.24) is 0 Å². The summed E-state index contributed by atoms with van der Waals surface area (Å²) in [5.41, 5.74) is 1.99. The molecule has 4 rings (SSSR count). The van der Waals surface area contributed by atoms with Crippen molar-refractivity contribution in [3.05, 3.63) is 23.8 Å². The molecule has 0 radical (unpaired) electrons. The molecule has 2 aliphatic carbocycles. The number of ether oxygens (including phenoxy) is 4. The minimum absolute atomic E-state index is 0.0405. The lowest BCUT2D eigenvalue weighted by molar-refractivity contribution is -0.327. The third kappa shape index (κ3) is 6.97. The first-order chi connectivity index (χ1) is 20.7. The molecule has 14 atom stereocenters. The third-order valence-corrected chi connectivity index (χ3v) is 11.0. The van der Waals surface area contributed by atoms with Crippen LogP contribution in [-0.4, -0.2) is 128 Å². The third-order valence-electron chi connectivity index (χ3n) is 11.0. The van der Waals surface area contributed by atoms with Gasteiger partial charge in [0.05, 0.1) is 25.9 Å². The van der Waals surface area contributed by atoms with Crippen LogP contribution < -0.4 is 0 Å². The molecule has 0 bridgehead atoms. The zero-order valence-corrected chi connectivity index (χ0v) is 26.4. The van der Waals surface area contributed by atoms with Crippen LogP contribution >= 0.6 is 0 Å². The van der Waals surface area contributed by atoms with Gasteiger partial charge in [-0.05, 0) is 68.1 Å². The Morgan fingerprint density at radius 3 is 2.02 bits per heavy atom. The summed E-state index contributed by atoms with van der Waals surface area (Å²) in [6, 6.07) is 0. The van der Waals surface area contributed by atoms with Crippen molar-refractivity contribution in [1.29, 1.82) is 0 Å². The summed E-state index contributed by atoms with van der Waals surface area (Å²) >= 11 is 0. The highest BCUT2D eigenvalue weighted by molar-refractivity contribution is 5.18. The standard InChI is InChI=1S/C32H54O12/c1-16(11-13-41-29-27(39)25(37)23(35)19(14-33)42-29)6-8-18-17(2)7-9-21-31(3,4)22(10-12-32(18,21)5)44-30-28(40)26(38)24(36)20(15-34)43-30/h11,18-30,33-40H,2,6-10,12-15H2,1,3-5H3/b16-11-. The van der Waals surface area contributed by atoms with E-state index in [0.29, 0.717) is 6.42 Å². The van der Waals surface area contributed by atoms with Crippen LogP contribution in [0.25, 0.3) is 0 Å². The number of hydrogen-bond donors (Lipinski definition) is 8. The Balaban J connectivity index is 1.37. The Labute approximate surface area is 259 Å². The number of rotatable bonds is 10. The molecular formula is C32H54O12. The molecule has 0 aromatic carbocycles. The van der Waals surface area contributed by atoms with Crippen molar-refractivity contribution in [2.75, 3.05) is 19.8 Å². The van der Waals surface area contributed by atoms with E-state index >= 15 is 0 Å². The van der Waals surface area contributed by atoms with Crippen molar-refractivity contribution in [3.63, 3.8) is 0 Å². The second kappa shape index (κ2) is 14.4. The lowest BCUT2D eigenvalue weighted by atomic mass is 9.46. The van der Waals surface area contributed by atoms with Gasteiger partial charge >= 0.3 is 0 Å². The molecule has 4 aliphatic rings. The van der Waals surface area contributed by atoms with Crippen molar-refractivity contribution in [2.45, 2.75) is 134 Å². The fourth-order valence-corrected chi connectivity index (χ4v) is 8.24. The number of aliphatic hydroxyl groups excluding tert-OH is 8. The number of allylic oxidation sites excluding steroid dienone is 2. The van der Waals surface area contributed by atoms with E-state index in [0.717, 1.165) is 37.7 Å². The van der Waals surface area contributed by atoms with Crippen molar-refractivity contribution >= 4 is 0 Å². The van der Waals surface area contributed by atoms with Crippen LogP contribution in [-0.2, 0) is 18.9 Å². The van der Waals surface area contributed by atoms with E-state index in [2.05, 4.69) is 27.4 Å². The Bertz CT molecular complexity index is 1000. The van der Waals surface area contributed by atoms with E-state index in [1.165, 1.54) is 5.57 Å². The number of aliphatic hydroxyl groups is 8. The minimum atomic E-state index is -1.48.